The Hall–Kier alpha value is -1.45. The van der Waals surface area contributed by atoms with Gasteiger partial charge in [-0.15, -0.1) is 0 Å². The number of carbonyl (C=O) groups excluding carboxylic acids is 2. The number of hydrogen-bond acceptors (Lipinski definition) is 6. The minimum absolute atomic E-state index is 0. The van der Waals surface area contributed by atoms with Gasteiger partial charge in [0.05, 0.1) is 10.6 Å². The molecular weight excluding hydrogens is 333 g/mol. The number of ether oxygens (including phenoxy) is 1. The fourth-order valence-corrected chi connectivity index (χ4v) is 2.76. The van der Waals surface area contributed by atoms with Crippen LogP contribution in [0.15, 0.2) is 35.2 Å². The van der Waals surface area contributed by atoms with Crippen LogP contribution in [0.25, 0.3) is 10.8 Å². The van der Waals surface area contributed by atoms with Crippen LogP contribution < -0.4 is 39.6 Å². The molecule has 0 spiro atoms. The molecule has 1 amide bonds. The molecule has 9 heteroatoms. The second-order valence-electron chi connectivity index (χ2n) is 4.52. The van der Waals surface area contributed by atoms with Crippen molar-refractivity contribution in [2.75, 3.05) is 5.32 Å². The van der Waals surface area contributed by atoms with Gasteiger partial charge in [0.15, 0.2) is 5.75 Å². The van der Waals surface area contributed by atoms with E-state index in [0.717, 1.165) is 13.0 Å². The van der Waals surface area contributed by atoms with Crippen LogP contribution in [0.2, 0.25) is 0 Å². The maximum absolute atomic E-state index is 11.4. The molecule has 1 N–H and O–H groups in total. The molecule has 0 atom stereocenters. The van der Waals surface area contributed by atoms with Crippen LogP contribution >= 0.6 is 0 Å². The second kappa shape index (κ2) is 7.41. The molecule has 23 heavy (non-hydrogen) atoms. The van der Waals surface area contributed by atoms with Gasteiger partial charge >= 0.3 is 35.5 Å². The monoisotopic (exact) mass is 345 g/mol. The average molecular weight is 345 g/mol. The first kappa shape index (κ1) is 19.6. The second-order valence-corrected chi connectivity index (χ2v) is 5.87. The third-order valence-electron chi connectivity index (χ3n) is 2.79. The molecule has 0 aliphatic heterocycles. The number of anilines is 1. The molecule has 0 aliphatic carbocycles. The fraction of sp³-hybridized carbons (Fsp3) is 0.143. The predicted molar refractivity (Wildman–Crippen MR) is 77.5 cm³/mol. The Morgan fingerprint density at radius 1 is 1.13 bits per heavy atom. The Kier molecular flexibility index (Phi) is 6.32. The van der Waals surface area contributed by atoms with Crippen molar-refractivity contribution < 1.29 is 56.9 Å². The van der Waals surface area contributed by atoms with E-state index in [4.69, 9.17) is 4.74 Å². The molecular formula is C14H12NNaO6S. The maximum atomic E-state index is 11.4. The molecule has 0 heterocycles. The first-order valence-corrected chi connectivity index (χ1v) is 7.58. The smallest absolute Gasteiger partial charge is 0.744 e. The summed E-state index contributed by atoms with van der Waals surface area (Å²) in [5.41, 5.74) is 0.130. The van der Waals surface area contributed by atoms with Crippen LogP contribution in [-0.2, 0) is 19.7 Å². The van der Waals surface area contributed by atoms with Gasteiger partial charge in [0.1, 0.15) is 10.1 Å². The van der Waals surface area contributed by atoms with Gasteiger partial charge in [-0.2, -0.15) is 0 Å². The number of benzene rings is 2. The van der Waals surface area contributed by atoms with Gasteiger partial charge in [-0.1, -0.05) is 24.3 Å². The van der Waals surface area contributed by atoms with Crippen molar-refractivity contribution in [2.24, 2.45) is 0 Å². The topological polar surface area (TPSA) is 113 Å². The van der Waals surface area contributed by atoms with Crippen molar-refractivity contribution in [1.29, 1.82) is 0 Å². The van der Waals surface area contributed by atoms with Crippen molar-refractivity contribution in [3.8, 4) is 5.75 Å². The van der Waals surface area contributed by atoms with Gasteiger partial charge in [-0.3, -0.25) is 9.59 Å². The summed E-state index contributed by atoms with van der Waals surface area (Å²) < 4.78 is 39.2. The fourth-order valence-electron chi connectivity index (χ4n) is 2.06. The van der Waals surface area contributed by atoms with Crippen molar-refractivity contribution in [3.63, 3.8) is 0 Å². The van der Waals surface area contributed by atoms with Gasteiger partial charge in [0.25, 0.3) is 0 Å². The standard InChI is InChI=1S/C14H13NO6S.Na/c1-8(16)15-14-11-6-4-3-5-10(11)13(22(18,19)20)7-12(14)21-9(2)17;/h3-7H,1-2H3,(H,15,16)(H,18,19,20);/q;+1/p-1. The molecule has 2 aromatic rings. The summed E-state index contributed by atoms with van der Waals surface area (Å²) in [6.45, 7) is 2.38. The molecule has 116 valence electrons. The van der Waals surface area contributed by atoms with E-state index in [0.29, 0.717) is 0 Å². The van der Waals surface area contributed by atoms with Crippen molar-refractivity contribution in [3.05, 3.63) is 30.3 Å². The summed E-state index contributed by atoms with van der Waals surface area (Å²) in [5, 5.41) is 2.91. The molecule has 0 unspecified atom stereocenters. The van der Waals surface area contributed by atoms with Crippen LogP contribution in [0.1, 0.15) is 13.8 Å². The number of rotatable bonds is 3. The number of hydrogen-bond donors (Lipinski definition) is 1. The van der Waals surface area contributed by atoms with Gasteiger partial charge < -0.3 is 14.6 Å². The van der Waals surface area contributed by atoms with Gasteiger partial charge in [0, 0.05) is 30.7 Å². The first-order valence-electron chi connectivity index (χ1n) is 6.18. The molecule has 2 rings (SSSR count). The predicted octanol–water partition coefficient (Wildman–Crippen LogP) is -1.37. The van der Waals surface area contributed by atoms with E-state index in [1.54, 1.807) is 12.1 Å². The van der Waals surface area contributed by atoms with E-state index in [2.05, 4.69) is 5.32 Å². The molecule has 0 aliphatic rings. The minimum atomic E-state index is -4.79. The zero-order valence-electron chi connectivity index (χ0n) is 12.7. The SMILES string of the molecule is CC(=O)Nc1c(OC(C)=O)cc(S(=O)(=O)[O-])c2ccccc12.[Na+]. The number of fused-ring (bicyclic) bond motifs is 1. The van der Waals surface area contributed by atoms with Crippen molar-refractivity contribution in [1.82, 2.24) is 0 Å². The van der Waals surface area contributed by atoms with E-state index in [9.17, 15) is 22.6 Å². The Morgan fingerprint density at radius 2 is 1.70 bits per heavy atom. The van der Waals surface area contributed by atoms with E-state index in [1.165, 1.54) is 19.1 Å². The number of amides is 1. The van der Waals surface area contributed by atoms with Gasteiger partial charge in [0.2, 0.25) is 5.91 Å². The summed E-state index contributed by atoms with van der Waals surface area (Å²) in [6, 6.07) is 7.05. The number of carbonyl (C=O) groups is 2. The van der Waals surface area contributed by atoms with Crippen molar-refractivity contribution in [2.45, 2.75) is 18.7 Å². The molecule has 0 radical (unpaired) electrons. The zero-order valence-corrected chi connectivity index (χ0v) is 15.6. The molecule has 0 saturated carbocycles. The van der Waals surface area contributed by atoms with Crippen LogP contribution in [0.3, 0.4) is 0 Å². The maximum Gasteiger partial charge on any atom is 1.00 e. The van der Waals surface area contributed by atoms with Crippen LogP contribution in [0.4, 0.5) is 5.69 Å². The largest absolute Gasteiger partial charge is 1.00 e. The van der Waals surface area contributed by atoms with E-state index in [-0.39, 0.29) is 51.8 Å². The van der Waals surface area contributed by atoms with Crippen LogP contribution in [0, 0.1) is 0 Å². The summed E-state index contributed by atoms with van der Waals surface area (Å²) in [7, 11) is -4.79. The molecule has 2 aromatic carbocycles. The van der Waals surface area contributed by atoms with E-state index < -0.39 is 26.9 Å². The van der Waals surface area contributed by atoms with Crippen LogP contribution in [-0.4, -0.2) is 24.8 Å². The van der Waals surface area contributed by atoms with Gasteiger partial charge in [-0.25, -0.2) is 8.42 Å². The minimum Gasteiger partial charge on any atom is -0.744 e. The quantitative estimate of drug-likeness (QED) is 0.318. The Labute approximate surface area is 155 Å². The summed E-state index contributed by atoms with van der Waals surface area (Å²) in [6.07, 6.45) is 0. The van der Waals surface area contributed by atoms with Gasteiger partial charge in [-0.05, 0) is 0 Å². The summed E-state index contributed by atoms with van der Waals surface area (Å²) in [4.78, 5) is 22.0. The number of esters is 1. The van der Waals surface area contributed by atoms with Crippen molar-refractivity contribution >= 4 is 38.5 Å². The molecule has 0 fully saturated rings. The molecule has 7 nitrogen and oxygen atoms in total. The Balaban J connectivity index is 0.00000264. The van der Waals surface area contributed by atoms with E-state index >= 15 is 0 Å². The summed E-state index contributed by atoms with van der Waals surface area (Å²) >= 11 is 0. The first-order chi connectivity index (χ1) is 10.2. The third-order valence-corrected chi connectivity index (χ3v) is 3.67. The molecule has 0 saturated heterocycles. The normalized spacial score (nSPS) is 10.7. The summed E-state index contributed by atoms with van der Waals surface area (Å²) in [5.74, 6) is -1.34. The van der Waals surface area contributed by atoms with E-state index in [1.807, 2.05) is 0 Å². The molecule has 0 bridgehead atoms. The third kappa shape index (κ3) is 4.52. The van der Waals surface area contributed by atoms with Crippen LogP contribution in [0.5, 0.6) is 5.75 Å². The average Bonchev–Trinajstić information content (AvgIpc) is 2.39. The Morgan fingerprint density at radius 3 is 2.17 bits per heavy atom. The Bertz CT molecular complexity index is 878. The zero-order chi connectivity index (χ0) is 16.5. The number of nitrogens with one attached hydrogen (secondary N) is 1. The molecule has 0 aromatic heterocycles.